The predicted molar refractivity (Wildman–Crippen MR) is 58.1 cm³/mol. The van der Waals surface area contributed by atoms with Crippen molar-refractivity contribution in [1.82, 2.24) is 5.32 Å². The monoisotopic (exact) mass is 211 g/mol. The molecule has 0 bridgehead atoms. The molecule has 1 saturated heterocycles. The molecule has 76 valence electrons. The van der Waals surface area contributed by atoms with Crippen LogP contribution >= 0.6 is 11.6 Å². The van der Waals surface area contributed by atoms with Crippen LogP contribution in [0.2, 0.25) is 5.02 Å². The van der Waals surface area contributed by atoms with Gasteiger partial charge in [-0.15, -0.1) is 0 Å². The van der Waals surface area contributed by atoms with Gasteiger partial charge in [-0.1, -0.05) is 17.7 Å². The van der Waals surface area contributed by atoms with Crippen LogP contribution in [-0.4, -0.2) is 18.2 Å². The Bertz CT molecular complexity index is 345. The summed E-state index contributed by atoms with van der Waals surface area (Å²) in [6.45, 7) is 3.97. The fraction of sp³-hybridized carbons (Fsp3) is 0.455. The lowest BCUT2D eigenvalue weighted by Gasteiger charge is -2.13. The number of nitrogens with one attached hydrogen (secondary N) is 1. The van der Waals surface area contributed by atoms with Gasteiger partial charge in [0.05, 0.1) is 5.02 Å². The second-order valence-corrected chi connectivity index (χ2v) is 4.25. The molecular formula is C11H14ClNO. The van der Waals surface area contributed by atoms with Crippen LogP contribution < -0.4 is 5.32 Å². The van der Waals surface area contributed by atoms with Crippen LogP contribution in [0.1, 0.15) is 23.5 Å². The van der Waals surface area contributed by atoms with Crippen molar-refractivity contribution >= 4 is 11.6 Å². The standard InChI is InChI=1S/C11H14ClNO/c1-7-4-9(8-2-3-13-6-8)11(12)10(14)5-7/h4-5,8,13-14H,2-3,6H2,1H3. The zero-order valence-electron chi connectivity index (χ0n) is 8.18. The summed E-state index contributed by atoms with van der Waals surface area (Å²) in [7, 11) is 0. The molecule has 0 saturated carbocycles. The highest BCUT2D eigenvalue weighted by molar-refractivity contribution is 6.32. The van der Waals surface area contributed by atoms with Gasteiger partial charge in [-0.2, -0.15) is 0 Å². The molecule has 14 heavy (non-hydrogen) atoms. The minimum absolute atomic E-state index is 0.202. The van der Waals surface area contributed by atoms with Gasteiger partial charge in [0.1, 0.15) is 5.75 Å². The number of halogens is 1. The summed E-state index contributed by atoms with van der Waals surface area (Å²) in [6.07, 6.45) is 1.10. The highest BCUT2D eigenvalue weighted by Gasteiger charge is 2.20. The third-order valence-electron chi connectivity index (χ3n) is 2.73. The molecule has 0 amide bonds. The predicted octanol–water partition coefficient (Wildman–Crippen LogP) is 2.43. The molecule has 0 aromatic heterocycles. The normalized spacial score (nSPS) is 21.4. The highest BCUT2D eigenvalue weighted by atomic mass is 35.5. The van der Waals surface area contributed by atoms with Gasteiger partial charge in [-0.25, -0.2) is 0 Å². The molecule has 2 nitrogen and oxygen atoms in total. The average molecular weight is 212 g/mol. The minimum Gasteiger partial charge on any atom is -0.506 e. The Morgan fingerprint density at radius 1 is 1.50 bits per heavy atom. The minimum atomic E-state index is 0.202. The summed E-state index contributed by atoms with van der Waals surface area (Å²) in [6, 6.07) is 3.77. The summed E-state index contributed by atoms with van der Waals surface area (Å²) >= 11 is 6.07. The number of aryl methyl sites for hydroxylation is 1. The van der Waals surface area contributed by atoms with Crippen molar-refractivity contribution < 1.29 is 5.11 Å². The van der Waals surface area contributed by atoms with E-state index in [1.165, 1.54) is 0 Å². The SMILES string of the molecule is Cc1cc(O)c(Cl)c(C2CCNC2)c1. The van der Waals surface area contributed by atoms with Gasteiger partial charge in [-0.3, -0.25) is 0 Å². The number of phenols is 1. The molecule has 1 aromatic carbocycles. The second-order valence-electron chi connectivity index (χ2n) is 3.88. The van der Waals surface area contributed by atoms with Crippen LogP contribution in [-0.2, 0) is 0 Å². The van der Waals surface area contributed by atoms with Gasteiger partial charge in [-0.05, 0) is 43.0 Å². The zero-order valence-corrected chi connectivity index (χ0v) is 8.93. The van der Waals surface area contributed by atoms with E-state index in [0.29, 0.717) is 10.9 Å². The van der Waals surface area contributed by atoms with Crippen LogP contribution in [0.15, 0.2) is 12.1 Å². The quantitative estimate of drug-likeness (QED) is 0.748. The van der Waals surface area contributed by atoms with Gasteiger partial charge in [0.15, 0.2) is 0 Å². The molecule has 1 heterocycles. The first kappa shape index (κ1) is 9.81. The van der Waals surface area contributed by atoms with Crippen LogP contribution in [0.3, 0.4) is 0 Å². The van der Waals surface area contributed by atoms with E-state index in [2.05, 4.69) is 11.4 Å². The lowest BCUT2D eigenvalue weighted by atomic mass is 9.96. The summed E-state index contributed by atoms with van der Waals surface area (Å²) in [4.78, 5) is 0. The summed E-state index contributed by atoms with van der Waals surface area (Å²) in [5.74, 6) is 0.655. The van der Waals surface area contributed by atoms with Gasteiger partial charge in [0.2, 0.25) is 0 Å². The van der Waals surface area contributed by atoms with E-state index in [1.54, 1.807) is 6.07 Å². The molecule has 1 fully saturated rings. The lowest BCUT2D eigenvalue weighted by Crippen LogP contribution is -2.08. The molecule has 0 spiro atoms. The Labute approximate surface area is 88.9 Å². The number of aromatic hydroxyl groups is 1. The van der Waals surface area contributed by atoms with Crippen molar-refractivity contribution in [3.05, 3.63) is 28.3 Å². The molecular weight excluding hydrogens is 198 g/mol. The van der Waals surface area contributed by atoms with Crippen LogP contribution in [0.4, 0.5) is 0 Å². The van der Waals surface area contributed by atoms with E-state index < -0.39 is 0 Å². The Hall–Kier alpha value is -0.730. The molecule has 0 radical (unpaired) electrons. The molecule has 3 heteroatoms. The first-order valence-corrected chi connectivity index (χ1v) is 5.26. The molecule has 1 aliphatic heterocycles. The molecule has 0 aliphatic carbocycles. The van der Waals surface area contributed by atoms with E-state index in [4.69, 9.17) is 11.6 Å². The van der Waals surface area contributed by atoms with E-state index in [0.717, 1.165) is 30.6 Å². The Morgan fingerprint density at radius 3 is 2.93 bits per heavy atom. The van der Waals surface area contributed by atoms with E-state index in [-0.39, 0.29) is 5.75 Å². The van der Waals surface area contributed by atoms with Crippen molar-refractivity contribution in [2.45, 2.75) is 19.3 Å². The first-order chi connectivity index (χ1) is 6.68. The maximum atomic E-state index is 9.59. The Kier molecular flexibility index (Phi) is 2.66. The smallest absolute Gasteiger partial charge is 0.134 e. The largest absolute Gasteiger partial charge is 0.506 e. The highest BCUT2D eigenvalue weighted by Crippen LogP contribution is 2.35. The number of phenolic OH excluding ortho intramolecular Hbond substituents is 1. The third kappa shape index (κ3) is 1.72. The number of hydrogen-bond acceptors (Lipinski definition) is 2. The van der Waals surface area contributed by atoms with Crippen molar-refractivity contribution in [1.29, 1.82) is 0 Å². The van der Waals surface area contributed by atoms with E-state index in [9.17, 15) is 5.11 Å². The maximum Gasteiger partial charge on any atom is 0.134 e. The van der Waals surface area contributed by atoms with Gasteiger partial charge in [0, 0.05) is 6.54 Å². The van der Waals surface area contributed by atoms with Crippen molar-refractivity contribution in [2.24, 2.45) is 0 Å². The van der Waals surface area contributed by atoms with Crippen molar-refractivity contribution in [3.63, 3.8) is 0 Å². The van der Waals surface area contributed by atoms with E-state index in [1.807, 2.05) is 6.92 Å². The molecule has 1 atom stereocenters. The number of hydrogen-bond donors (Lipinski definition) is 2. The molecule has 1 unspecified atom stereocenters. The van der Waals surface area contributed by atoms with Gasteiger partial charge >= 0.3 is 0 Å². The topological polar surface area (TPSA) is 32.3 Å². The van der Waals surface area contributed by atoms with Gasteiger partial charge in [0.25, 0.3) is 0 Å². The lowest BCUT2D eigenvalue weighted by molar-refractivity contribution is 0.473. The van der Waals surface area contributed by atoms with Crippen LogP contribution in [0.25, 0.3) is 0 Å². The van der Waals surface area contributed by atoms with Gasteiger partial charge < -0.3 is 10.4 Å². The van der Waals surface area contributed by atoms with Crippen molar-refractivity contribution in [2.75, 3.05) is 13.1 Å². The summed E-state index contributed by atoms with van der Waals surface area (Å²) in [5.41, 5.74) is 2.14. The summed E-state index contributed by atoms with van der Waals surface area (Å²) in [5, 5.41) is 13.4. The maximum absolute atomic E-state index is 9.59. The van der Waals surface area contributed by atoms with Crippen LogP contribution in [0.5, 0.6) is 5.75 Å². The Balaban J connectivity index is 2.40. The molecule has 2 N–H and O–H groups in total. The second kappa shape index (κ2) is 3.79. The van der Waals surface area contributed by atoms with E-state index >= 15 is 0 Å². The first-order valence-electron chi connectivity index (χ1n) is 4.88. The van der Waals surface area contributed by atoms with Crippen molar-refractivity contribution in [3.8, 4) is 5.75 Å². The average Bonchev–Trinajstić information content (AvgIpc) is 2.63. The zero-order chi connectivity index (χ0) is 10.1. The fourth-order valence-electron chi connectivity index (χ4n) is 1.99. The molecule has 1 aromatic rings. The fourth-order valence-corrected chi connectivity index (χ4v) is 2.26. The third-order valence-corrected chi connectivity index (χ3v) is 3.14. The number of rotatable bonds is 1. The molecule has 1 aliphatic rings. The Morgan fingerprint density at radius 2 is 2.29 bits per heavy atom. The number of benzene rings is 1. The summed E-state index contributed by atoms with van der Waals surface area (Å²) < 4.78 is 0. The molecule has 2 rings (SSSR count). The van der Waals surface area contributed by atoms with Crippen LogP contribution in [0, 0.1) is 6.92 Å².